The summed E-state index contributed by atoms with van der Waals surface area (Å²) in [6.45, 7) is 7.57. The lowest BCUT2D eigenvalue weighted by Gasteiger charge is -2.19. The van der Waals surface area contributed by atoms with E-state index in [1.807, 2.05) is 39.8 Å². The van der Waals surface area contributed by atoms with Crippen LogP contribution in [0, 0.1) is 27.7 Å². The molecule has 0 aliphatic heterocycles. The van der Waals surface area contributed by atoms with Crippen LogP contribution in [0.1, 0.15) is 44.2 Å². The number of carbonyl (C=O) groups is 2. The Morgan fingerprint density at radius 3 is 2.09 bits per heavy atom. The first kappa shape index (κ1) is 16.7. The highest BCUT2D eigenvalue weighted by Crippen LogP contribution is 2.22. The molecule has 1 unspecified atom stereocenters. The minimum absolute atomic E-state index is 0.375. The lowest BCUT2D eigenvalue weighted by Crippen LogP contribution is -2.34. The average molecular weight is 311 g/mol. The van der Waals surface area contributed by atoms with Gasteiger partial charge in [0, 0.05) is 5.56 Å². The summed E-state index contributed by atoms with van der Waals surface area (Å²) in [7, 11) is 0. The number of benzene rings is 2. The number of carboxylic acids is 1. The molecule has 0 saturated carbocycles. The van der Waals surface area contributed by atoms with Crippen LogP contribution in [0.4, 0.5) is 0 Å². The molecule has 120 valence electrons. The Labute approximate surface area is 136 Å². The van der Waals surface area contributed by atoms with Crippen LogP contribution < -0.4 is 5.32 Å². The molecule has 1 amide bonds. The molecular formula is C19H21NO3. The summed E-state index contributed by atoms with van der Waals surface area (Å²) >= 11 is 0. The summed E-state index contributed by atoms with van der Waals surface area (Å²) in [5.41, 5.74) is 4.83. The van der Waals surface area contributed by atoms with Gasteiger partial charge in [0.2, 0.25) is 0 Å². The molecule has 0 aliphatic carbocycles. The molecule has 2 N–H and O–H groups in total. The normalized spacial score (nSPS) is 11.8. The molecule has 1 atom stereocenters. The van der Waals surface area contributed by atoms with Crippen molar-refractivity contribution in [2.75, 3.05) is 0 Å². The zero-order valence-corrected chi connectivity index (χ0v) is 13.8. The molecule has 0 fully saturated rings. The van der Waals surface area contributed by atoms with Crippen molar-refractivity contribution in [1.82, 2.24) is 5.32 Å². The number of hydrogen-bond donors (Lipinski definition) is 2. The van der Waals surface area contributed by atoms with E-state index < -0.39 is 12.0 Å². The fourth-order valence-corrected chi connectivity index (χ4v) is 2.56. The standard InChI is InChI=1S/C19H21NO3/c1-11-7-5-9-15(13(11)3)17(19(22)23)20-18(21)16-10-6-8-12(2)14(16)4/h5-10,17H,1-4H3,(H,20,21)(H,22,23). The third-order valence-electron chi connectivity index (χ3n) is 4.33. The van der Waals surface area contributed by atoms with Crippen LogP contribution in [0.5, 0.6) is 0 Å². The lowest BCUT2D eigenvalue weighted by molar-refractivity contribution is -0.139. The first-order valence-corrected chi connectivity index (χ1v) is 7.49. The number of aliphatic carboxylic acids is 1. The van der Waals surface area contributed by atoms with E-state index in [1.165, 1.54) is 0 Å². The smallest absolute Gasteiger partial charge is 0.330 e. The molecule has 2 aromatic rings. The van der Waals surface area contributed by atoms with Crippen LogP contribution in [0.25, 0.3) is 0 Å². The SMILES string of the molecule is Cc1cccc(C(=O)NC(C(=O)O)c2cccc(C)c2C)c1C. The van der Waals surface area contributed by atoms with Crippen molar-refractivity contribution in [3.8, 4) is 0 Å². The first-order valence-electron chi connectivity index (χ1n) is 7.49. The fraction of sp³-hybridized carbons (Fsp3) is 0.263. The predicted octanol–water partition coefficient (Wildman–Crippen LogP) is 3.48. The first-order chi connectivity index (χ1) is 10.8. The van der Waals surface area contributed by atoms with E-state index in [1.54, 1.807) is 24.3 Å². The largest absolute Gasteiger partial charge is 0.479 e. The molecule has 0 radical (unpaired) electrons. The van der Waals surface area contributed by atoms with Crippen molar-refractivity contribution < 1.29 is 14.7 Å². The summed E-state index contributed by atoms with van der Waals surface area (Å²) in [4.78, 5) is 24.2. The van der Waals surface area contributed by atoms with E-state index >= 15 is 0 Å². The van der Waals surface area contributed by atoms with Gasteiger partial charge in [-0.05, 0) is 61.6 Å². The van der Waals surface area contributed by atoms with Gasteiger partial charge in [-0.3, -0.25) is 4.79 Å². The summed E-state index contributed by atoms with van der Waals surface area (Å²) in [6, 6.07) is 9.82. The minimum Gasteiger partial charge on any atom is -0.479 e. The van der Waals surface area contributed by atoms with Crippen LogP contribution in [-0.4, -0.2) is 17.0 Å². The molecule has 2 rings (SSSR count). The third kappa shape index (κ3) is 3.42. The molecule has 0 aliphatic rings. The molecule has 23 heavy (non-hydrogen) atoms. The van der Waals surface area contributed by atoms with Gasteiger partial charge in [-0.15, -0.1) is 0 Å². The van der Waals surface area contributed by atoms with Gasteiger partial charge in [0.25, 0.3) is 5.91 Å². The van der Waals surface area contributed by atoms with Crippen molar-refractivity contribution in [2.45, 2.75) is 33.7 Å². The highest BCUT2D eigenvalue weighted by Gasteiger charge is 2.25. The highest BCUT2D eigenvalue weighted by molar-refractivity contribution is 5.98. The number of hydrogen-bond acceptors (Lipinski definition) is 2. The van der Waals surface area contributed by atoms with Crippen LogP contribution in [0.3, 0.4) is 0 Å². The van der Waals surface area contributed by atoms with E-state index in [9.17, 15) is 14.7 Å². The van der Waals surface area contributed by atoms with Crippen LogP contribution in [0.2, 0.25) is 0 Å². The Bertz CT molecular complexity index is 765. The lowest BCUT2D eigenvalue weighted by atomic mass is 9.96. The Morgan fingerprint density at radius 1 is 0.913 bits per heavy atom. The van der Waals surface area contributed by atoms with E-state index in [0.29, 0.717) is 11.1 Å². The van der Waals surface area contributed by atoms with E-state index in [-0.39, 0.29) is 5.91 Å². The molecule has 0 saturated heterocycles. The number of carboxylic acid groups (broad SMARTS) is 1. The summed E-state index contributed by atoms with van der Waals surface area (Å²) in [5.74, 6) is -1.45. The van der Waals surface area contributed by atoms with E-state index in [0.717, 1.165) is 22.3 Å². The minimum atomic E-state index is -1.07. The second kappa shape index (κ2) is 6.65. The van der Waals surface area contributed by atoms with Crippen molar-refractivity contribution in [2.24, 2.45) is 0 Å². The van der Waals surface area contributed by atoms with Gasteiger partial charge in [0.05, 0.1) is 0 Å². The topological polar surface area (TPSA) is 66.4 Å². The Kier molecular flexibility index (Phi) is 4.84. The molecule has 0 heterocycles. The van der Waals surface area contributed by atoms with Crippen molar-refractivity contribution in [3.63, 3.8) is 0 Å². The molecule has 0 aromatic heterocycles. The van der Waals surface area contributed by atoms with Gasteiger partial charge in [0.15, 0.2) is 6.04 Å². The molecule has 4 nitrogen and oxygen atoms in total. The van der Waals surface area contributed by atoms with Crippen LogP contribution in [-0.2, 0) is 4.79 Å². The maximum absolute atomic E-state index is 12.5. The van der Waals surface area contributed by atoms with Gasteiger partial charge < -0.3 is 10.4 Å². The summed E-state index contributed by atoms with van der Waals surface area (Å²) in [5, 5.41) is 12.2. The van der Waals surface area contributed by atoms with Crippen LogP contribution in [0.15, 0.2) is 36.4 Å². The second-order valence-corrected chi connectivity index (χ2v) is 5.78. The maximum Gasteiger partial charge on any atom is 0.330 e. The summed E-state index contributed by atoms with van der Waals surface area (Å²) < 4.78 is 0. The van der Waals surface area contributed by atoms with Gasteiger partial charge >= 0.3 is 5.97 Å². The highest BCUT2D eigenvalue weighted by atomic mass is 16.4. The Hall–Kier alpha value is -2.62. The van der Waals surface area contributed by atoms with E-state index in [2.05, 4.69) is 5.32 Å². The predicted molar refractivity (Wildman–Crippen MR) is 89.7 cm³/mol. The number of carbonyl (C=O) groups excluding carboxylic acids is 1. The number of amides is 1. The molecular weight excluding hydrogens is 290 g/mol. The quantitative estimate of drug-likeness (QED) is 0.908. The Morgan fingerprint density at radius 2 is 1.48 bits per heavy atom. The van der Waals surface area contributed by atoms with Crippen molar-refractivity contribution in [1.29, 1.82) is 0 Å². The van der Waals surface area contributed by atoms with E-state index in [4.69, 9.17) is 0 Å². The number of rotatable bonds is 4. The average Bonchev–Trinajstić information content (AvgIpc) is 2.50. The Balaban J connectivity index is 2.37. The second-order valence-electron chi connectivity index (χ2n) is 5.78. The molecule has 2 aromatic carbocycles. The number of nitrogens with one attached hydrogen (secondary N) is 1. The number of aryl methyl sites for hydroxylation is 2. The maximum atomic E-state index is 12.5. The summed E-state index contributed by atoms with van der Waals surface area (Å²) in [6.07, 6.45) is 0. The molecule has 0 spiro atoms. The third-order valence-corrected chi connectivity index (χ3v) is 4.33. The fourth-order valence-electron chi connectivity index (χ4n) is 2.56. The molecule has 0 bridgehead atoms. The molecule has 4 heteroatoms. The zero-order chi connectivity index (χ0) is 17.1. The monoisotopic (exact) mass is 311 g/mol. The van der Waals surface area contributed by atoms with Gasteiger partial charge in [-0.25, -0.2) is 4.79 Å². The van der Waals surface area contributed by atoms with Gasteiger partial charge in [0.1, 0.15) is 0 Å². The van der Waals surface area contributed by atoms with Crippen molar-refractivity contribution >= 4 is 11.9 Å². The van der Waals surface area contributed by atoms with Crippen LogP contribution >= 0.6 is 0 Å². The van der Waals surface area contributed by atoms with Gasteiger partial charge in [-0.2, -0.15) is 0 Å². The van der Waals surface area contributed by atoms with Crippen molar-refractivity contribution in [3.05, 3.63) is 69.8 Å². The zero-order valence-electron chi connectivity index (χ0n) is 13.8. The van der Waals surface area contributed by atoms with Gasteiger partial charge in [-0.1, -0.05) is 30.3 Å².